The SMILES string of the molecule is COc1ccccc1OCC(O)CN1CCC(N2CCc3ccccc3C2=O)CC1. The maximum Gasteiger partial charge on any atom is 0.254 e. The molecule has 0 aliphatic carbocycles. The number of aliphatic hydroxyl groups excluding tert-OH is 1. The molecule has 0 aromatic heterocycles. The Morgan fingerprint density at radius 3 is 2.50 bits per heavy atom. The predicted octanol–water partition coefficient (Wildman–Crippen LogP) is 2.60. The monoisotopic (exact) mass is 410 g/mol. The largest absolute Gasteiger partial charge is 0.493 e. The smallest absolute Gasteiger partial charge is 0.254 e. The Hall–Kier alpha value is -2.57. The predicted molar refractivity (Wildman–Crippen MR) is 115 cm³/mol. The summed E-state index contributed by atoms with van der Waals surface area (Å²) in [4.78, 5) is 17.2. The molecule has 0 bridgehead atoms. The van der Waals surface area contributed by atoms with E-state index in [-0.39, 0.29) is 18.6 Å². The second-order valence-electron chi connectivity index (χ2n) is 8.05. The minimum Gasteiger partial charge on any atom is -0.493 e. The molecule has 2 aromatic rings. The van der Waals surface area contributed by atoms with E-state index in [0.29, 0.717) is 18.0 Å². The summed E-state index contributed by atoms with van der Waals surface area (Å²) in [6, 6.07) is 15.7. The van der Waals surface area contributed by atoms with Crippen molar-refractivity contribution in [1.29, 1.82) is 0 Å². The Kier molecular flexibility index (Phi) is 6.55. The van der Waals surface area contributed by atoms with Gasteiger partial charge in [0.1, 0.15) is 12.7 Å². The number of ether oxygens (including phenoxy) is 2. The number of aliphatic hydroxyl groups is 1. The van der Waals surface area contributed by atoms with Crippen molar-refractivity contribution in [1.82, 2.24) is 9.80 Å². The number of rotatable bonds is 7. The Morgan fingerprint density at radius 2 is 1.73 bits per heavy atom. The van der Waals surface area contributed by atoms with Crippen molar-refractivity contribution in [2.24, 2.45) is 0 Å². The van der Waals surface area contributed by atoms with Crippen LogP contribution in [0.2, 0.25) is 0 Å². The highest BCUT2D eigenvalue weighted by Gasteiger charge is 2.32. The lowest BCUT2D eigenvalue weighted by Gasteiger charge is -2.41. The summed E-state index contributed by atoms with van der Waals surface area (Å²) in [6.07, 6.45) is 2.23. The molecule has 6 heteroatoms. The molecule has 160 valence electrons. The van der Waals surface area contributed by atoms with Crippen LogP contribution in [0.25, 0.3) is 0 Å². The van der Waals surface area contributed by atoms with E-state index >= 15 is 0 Å². The zero-order valence-corrected chi connectivity index (χ0v) is 17.5. The van der Waals surface area contributed by atoms with Crippen LogP contribution in [0, 0.1) is 0 Å². The number of benzene rings is 2. The first-order valence-corrected chi connectivity index (χ1v) is 10.7. The van der Waals surface area contributed by atoms with Crippen molar-refractivity contribution < 1.29 is 19.4 Å². The zero-order chi connectivity index (χ0) is 20.9. The van der Waals surface area contributed by atoms with E-state index in [0.717, 1.165) is 50.0 Å². The molecule has 2 aliphatic rings. The van der Waals surface area contributed by atoms with Crippen LogP contribution in [0.15, 0.2) is 48.5 Å². The first-order valence-electron chi connectivity index (χ1n) is 10.7. The summed E-state index contributed by atoms with van der Waals surface area (Å²) in [7, 11) is 1.61. The van der Waals surface area contributed by atoms with E-state index in [1.807, 2.05) is 42.5 Å². The molecule has 1 unspecified atom stereocenters. The number of nitrogens with zero attached hydrogens (tertiary/aromatic N) is 2. The van der Waals surface area contributed by atoms with Crippen LogP contribution in [0.1, 0.15) is 28.8 Å². The first kappa shape index (κ1) is 20.7. The van der Waals surface area contributed by atoms with Crippen LogP contribution in [0.4, 0.5) is 0 Å². The number of piperidine rings is 1. The fourth-order valence-electron chi connectivity index (χ4n) is 4.48. The van der Waals surface area contributed by atoms with Crippen LogP contribution in [0.3, 0.4) is 0 Å². The Labute approximate surface area is 178 Å². The molecular weight excluding hydrogens is 380 g/mol. The number of para-hydroxylation sites is 2. The fourth-order valence-corrected chi connectivity index (χ4v) is 4.48. The Balaban J connectivity index is 1.24. The van der Waals surface area contributed by atoms with Gasteiger partial charge in [0.05, 0.1) is 7.11 Å². The molecular formula is C24H30N2O4. The van der Waals surface area contributed by atoms with Gasteiger partial charge in [-0.25, -0.2) is 0 Å². The first-order chi connectivity index (χ1) is 14.7. The topological polar surface area (TPSA) is 62.2 Å². The number of β-amino-alcohol motifs (C(OH)–C–C–N with tert-alkyl or cyclic N) is 1. The second kappa shape index (κ2) is 9.49. The van der Waals surface area contributed by atoms with Gasteiger partial charge in [0.2, 0.25) is 0 Å². The molecule has 1 amide bonds. The molecule has 2 aliphatic heterocycles. The van der Waals surface area contributed by atoms with Gasteiger partial charge < -0.3 is 24.4 Å². The number of fused-ring (bicyclic) bond motifs is 1. The normalized spacial score (nSPS) is 18.7. The number of methoxy groups -OCH3 is 1. The van der Waals surface area contributed by atoms with E-state index in [1.165, 1.54) is 0 Å². The van der Waals surface area contributed by atoms with E-state index in [4.69, 9.17) is 9.47 Å². The van der Waals surface area contributed by atoms with Crippen LogP contribution < -0.4 is 9.47 Å². The van der Waals surface area contributed by atoms with Gasteiger partial charge in [0, 0.05) is 37.8 Å². The zero-order valence-electron chi connectivity index (χ0n) is 17.5. The van der Waals surface area contributed by atoms with Crippen LogP contribution in [-0.4, -0.2) is 72.9 Å². The third-order valence-corrected chi connectivity index (χ3v) is 6.10. The van der Waals surface area contributed by atoms with Crippen LogP contribution in [-0.2, 0) is 6.42 Å². The summed E-state index contributed by atoms with van der Waals surface area (Å²) in [5.41, 5.74) is 2.02. The van der Waals surface area contributed by atoms with Crippen molar-refractivity contribution in [3.8, 4) is 11.5 Å². The lowest BCUT2D eigenvalue weighted by atomic mass is 9.95. The van der Waals surface area contributed by atoms with Gasteiger partial charge in [0.15, 0.2) is 11.5 Å². The number of hydrogen-bond acceptors (Lipinski definition) is 5. The molecule has 0 saturated carbocycles. The van der Waals surface area contributed by atoms with Gasteiger partial charge in [-0.05, 0) is 43.0 Å². The third kappa shape index (κ3) is 4.60. The molecule has 0 spiro atoms. The highest BCUT2D eigenvalue weighted by molar-refractivity contribution is 5.96. The molecule has 2 aromatic carbocycles. The summed E-state index contributed by atoms with van der Waals surface area (Å²) in [5, 5.41) is 10.4. The molecule has 1 fully saturated rings. The van der Waals surface area contributed by atoms with Crippen molar-refractivity contribution >= 4 is 5.91 Å². The number of likely N-dealkylation sites (tertiary alicyclic amines) is 1. The van der Waals surface area contributed by atoms with E-state index in [1.54, 1.807) is 7.11 Å². The second-order valence-corrected chi connectivity index (χ2v) is 8.05. The summed E-state index contributed by atoms with van der Waals surface area (Å²) in [5.74, 6) is 1.47. The molecule has 2 heterocycles. The van der Waals surface area contributed by atoms with E-state index in [2.05, 4.69) is 15.9 Å². The lowest BCUT2D eigenvalue weighted by Crippen LogP contribution is -2.51. The minimum absolute atomic E-state index is 0.167. The van der Waals surface area contributed by atoms with Gasteiger partial charge in [0.25, 0.3) is 5.91 Å². The standard InChI is InChI=1S/C24H30N2O4/c1-29-22-8-4-5-9-23(22)30-17-20(27)16-25-13-11-19(12-14-25)26-15-10-18-6-2-3-7-21(18)24(26)28/h2-9,19-20,27H,10-17H2,1H3. The van der Waals surface area contributed by atoms with Crippen molar-refractivity contribution in [2.45, 2.75) is 31.4 Å². The number of amides is 1. The number of hydrogen-bond donors (Lipinski definition) is 1. The number of carbonyl (C=O) groups excluding carboxylic acids is 1. The van der Waals surface area contributed by atoms with Gasteiger partial charge >= 0.3 is 0 Å². The average molecular weight is 411 g/mol. The van der Waals surface area contributed by atoms with Crippen molar-refractivity contribution in [3.63, 3.8) is 0 Å². The quantitative estimate of drug-likeness (QED) is 0.760. The van der Waals surface area contributed by atoms with E-state index in [9.17, 15) is 9.90 Å². The molecule has 4 rings (SSSR count). The molecule has 1 saturated heterocycles. The van der Waals surface area contributed by atoms with Crippen molar-refractivity contribution in [3.05, 3.63) is 59.7 Å². The van der Waals surface area contributed by atoms with E-state index < -0.39 is 6.10 Å². The van der Waals surface area contributed by atoms with Gasteiger partial charge in [-0.15, -0.1) is 0 Å². The minimum atomic E-state index is -0.574. The molecule has 6 nitrogen and oxygen atoms in total. The molecule has 1 N–H and O–H groups in total. The Morgan fingerprint density at radius 1 is 1.03 bits per heavy atom. The van der Waals surface area contributed by atoms with Crippen LogP contribution >= 0.6 is 0 Å². The third-order valence-electron chi connectivity index (χ3n) is 6.10. The Bertz CT molecular complexity index is 864. The van der Waals surface area contributed by atoms with Gasteiger partial charge in [-0.1, -0.05) is 30.3 Å². The summed E-state index contributed by atoms with van der Waals surface area (Å²) < 4.78 is 11.0. The fraction of sp³-hybridized carbons (Fsp3) is 0.458. The highest BCUT2D eigenvalue weighted by Crippen LogP contribution is 2.27. The highest BCUT2D eigenvalue weighted by atomic mass is 16.5. The molecule has 30 heavy (non-hydrogen) atoms. The maximum absolute atomic E-state index is 12.9. The average Bonchev–Trinajstić information content (AvgIpc) is 2.79. The summed E-state index contributed by atoms with van der Waals surface area (Å²) >= 11 is 0. The lowest BCUT2D eigenvalue weighted by molar-refractivity contribution is 0.0371. The van der Waals surface area contributed by atoms with Gasteiger partial charge in [-0.3, -0.25) is 4.79 Å². The van der Waals surface area contributed by atoms with Crippen LogP contribution in [0.5, 0.6) is 11.5 Å². The van der Waals surface area contributed by atoms with Gasteiger partial charge in [-0.2, -0.15) is 0 Å². The maximum atomic E-state index is 12.9. The summed E-state index contributed by atoms with van der Waals surface area (Å²) in [6.45, 7) is 3.35. The molecule has 1 atom stereocenters. The molecule has 0 radical (unpaired) electrons. The van der Waals surface area contributed by atoms with Crippen molar-refractivity contribution in [2.75, 3.05) is 39.9 Å². The number of carbonyl (C=O) groups is 1.